The lowest BCUT2D eigenvalue weighted by Gasteiger charge is -2.14. The largest absolute Gasteiger partial charge is 0.392 e. The molecule has 2 rings (SSSR count). The second kappa shape index (κ2) is 4.77. The number of β-amino-alcohol motifs (C(OH)–C–C–N with tert-alkyl or cyclic N) is 1. The fraction of sp³-hybridized carbons (Fsp3) is 0.538. The van der Waals surface area contributed by atoms with E-state index in [1.54, 1.807) is 0 Å². The van der Waals surface area contributed by atoms with E-state index in [9.17, 15) is 5.11 Å². The van der Waals surface area contributed by atoms with Crippen LogP contribution >= 0.6 is 0 Å². The monoisotopic (exact) mass is 205 g/mol. The highest BCUT2D eigenvalue weighted by molar-refractivity contribution is 5.22. The van der Waals surface area contributed by atoms with Gasteiger partial charge in [0.2, 0.25) is 0 Å². The molecular formula is C13H19NO. The van der Waals surface area contributed by atoms with Crippen LogP contribution < -0.4 is 0 Å². The second-order valence-corrected chi connectivity index (χ2v) is 4.35. The van der Waals surface area contributed by atoms with Crippen molar-refractivity contribution in [2.75, 3.05) is 13.1 Å². The summed E-state index contributed by atoms with van der Waals surface area (Å²) in [5, 5.41) is 9.42. The SMILES string of the molecule is CCc1ccc(CN2CC[C@H](O)C2)cc1. The van der Waals surface area contributed by atoms with Crippen LogP contribution in [0.25, 0.3) is 0 Å². The van der Waals surface area contributed by atoms with Gasteiger partial charge in [0, 0.05) is 19.6 Å². The van der Waals surface area contributed by atoms with Gasteiger partial charge in [0.05, 0.1) is 6.10 Å². The zero-order valence-electron chi connectivity index (χ0n) is 9.32. The Kier molecular flexibility index (Phi) is 3.39. The van der Waals surface area contributed by atoms with Crippen molar-refractivity contribution in [2.24, 2.45) is 0 Å². The van der Waals surface area contributed by atoms with E-state index >= 15 is 0 Å². The molecule has 1 saturated heterocycles. The van der Waals surface area contributed by atoms with Crippen molar-refractivity contribution in [1.29, 1.82) is 0 Å². The topological polar surface area (TPSA) is 23.5 Å². The van der Waals surface area contributed by atoms with Gasteiger partial charge in [0.1, 0.15) is 0 Å². The van der Waals surface area contributed by atoms with Gasteiger partial charge in [-0.05, 0) is 24.0 Å². The van der Waals surface area contributed by atoms with E-state index < -0.39 is 0 Å². The number of rotatable bonds is 3. The summed E-state index contributed by atoms with van der Waals surface area (Å²) < 4.78 is 0. The molecule has 1 aliphatic rings. The van der Waals surface area contributed by atoms with Gasteiger partial charge < -0.3 is 5.11 Å². The predicted octanol–water partition coefficient (Wildman–Crippen LogP) is 1.82. The van der Waals surface area contributed by atoms with Crippen molar-refractivity contribution >= 4 is 0 Å². The maximum absolute atomic E-state index is 9.42. The zero-order chi connectivity index (χ0) is 10.7. The molecule has 0 bridgehead atoms. The molecule has 1 aromatic carbocycles. The first kappa shape index (κ1) is 10.7. The first-order valence-corrected chi connectivity index (χ1v) is 5.76. The van der Waals surface area contributed by atoms with E-state index in [4.69, 9.17) is 0 Å². The maximum atomic E-state index is 9.42. The van der Waals surface area contributed by atoms with Crippen LogP contribution in [0, 0.1) is 0 Å². The lowest BCUT2D eigenvalue weighted by atomic mass is 10.1. The second-order valence-electron chi connectivity index (χ2n) is 4.35. The normalized spacial score (nSPS) is 22.1. The molecule has 1 atom stereocenters. The number of aliphatic hydroxyl groups is 1. The van der Waals surface area contributed by atoms with Crippen LogP contribution in [0.2, 0.25) is 0 Å². The van der Waals surface area contributed by atoms with Crippen LogP contribution in [0.4, 0.5) is 0 Å². The number of nitrogens with zero attached hydrogens (tertiary/aromatic N) is 1. The number of aryl methyl sites for hydroxylation is 1. The molecule has 1 heterocycles. The van der Waals surface area contributed by atoms with Crippen molar-refractivity contribution in [3.63, 3.8) is 0 Å². The third-order valence-corrected chi connectivity index (χ3v) is 3.08. The Bertz CT molecular complexity index is 307. The number of benzene rings is 1. The van der Waals surface area contributed by atoms with Crippen molar-refractivity contribution in [1.82, 2.24) is 4.90 Å². The summed E-state index contributed by atoms with van der Waals surface area (Å²) in [6, 6.07) is 8.79. The summed E-state index contributed by atoms with van der Waals surface area (Å²) in [6.45, 7) is 5.00. The molecule has 1 fully saturated rings. The highest BCUT2D eigenvalue weighted by Gasteiger charge is 2.19. The fourth-order valence-electron chi connectivity index (χ4n) is 2.09. The third kappa shape index (κ3) is 2.80. The molecule has 1 N–H and O–H groups in total. The molecule has 15 heavy (non-hydrogen) atoms. The molecule has 0 unspecified atom stereocenters. The van der Waals surface area contributed by atoms with Crippen LogP contribution in [0.5, 0.6) is 0 Å². The van der Waals surface area contributed by atoms with E-state index in [0.29, 0.717) is 0 Å². The molecule has 0 amide bonds. The van der Waals surface area contributed by atoms with Gasteiger partial charge in [-0.25, -0.2) is 0 Å². The summed E-state index contributed by atoms with van der Waals surface area (Å²) in [5.41, 5.74) is 2.74. The first-order valence-electron chi connectivity index (χ1n) is 5.76. The Morgan fingerprint density at radius 2 is 1.93 bits per heavy atom. The minimum absolute atomic E-state index is 0.111. The lowest BCUT2D eigenvalue weighted by Crippen LogP contribution is -2.21. The van der Waals surface area contributed by atoms with E-state index in [0.717, 1.165) is 32.5 Å². The van der Waals surface area contributed by atoms with Crippen molar-refractivity contribution < 1.29 is 5.11 Å². The minimum Gasteiger partial charge on any atom is -0.392 e. The molecule has 0 radical (unpaired) electrons. The van der Waals surface area contributed by atoms with Gasteiger partial charge in [-0.3, -0.25) is 4.90 Å². The molecule has 82 valence electrons. The van der Waals surface area contributed by atoms with E-state index in [2.05, 4.69) is 36.1 Å². The Labute approximate surface area is 91.5 Å². The molecule has 0 aliphatic carbocycles. The molecule has 1 aliphatic heterocycles. The van der Waals surface area contributed by atoms with Crippen LogP contribution in [-0.2, 0) is 13.0 Å². The highest BCUT2D eigenvalue weighted by atomic mass is 16.3. The van der Waals surface area contributed by atoms with Crippen molar-refractivity contribution in [2.45, 2.75) is 32.4 Å². The molecular weight excluding hydrogens is 186 g/mol. The first-order chi connectivity index (χ1) is 7.28. The molecule has 0 aromatic heterocycles. The van der Waals surface area contributed by atoms with Crippen molar-refractivity contribution in [3.05, 3.63) is 35.4 Å². The van der Waals surface area contributed by atoms with Gasteiger partial charge >= 0.3 is 0 Å². The standard InChI is InChI=1S/C13H19NO/c1-2-11-3-5-12(6-4-11)9-14-8-7-13(15)10-14/h3-6,13,15H,2,7-10H2,1H3/t13-/m0/s1. The molecule has 1 aromatic rings. The van der Waals surface area contributed by atoms with Crippen LogP contribution in [-0.4, -0.2) is 29.2 Å². The molecule has 0 saturated carbocycles. The van der Waals surface area contributed by atoms with Crippen LogP contribution in [0.15, 0.2) is 24.3 Å². The summed E-state index contributed by atoms with van der Waals surface area (Å²) in [4.78, 5) is 2.31. The Balaban J connectivity index is 1.93. The molecule has 2 nitrogen and oxygen atoms in total. The van der Waals surface area contributed by atoms with Gasteiger partial charge in [-0.15, -0.1) is 0 Å². The average molecular weight is 205 g/mol. The minimum atomic E-state index is -0.111. The predicted molar refractivity (Wildman–Crippen MR) is 61.7 cm³/mol. The van der Waals surface area contributed by atoms with E-state index in [1.807, 2.05) is 0 Å². The Morgan fingerprint density at radius 1 is 1.27 bits per heavy atom. The number of hydrogen-bond acceptors (Lipinski definition) is 2. The average Bonchev–Trinajstić information content (AvgIpc) is 2.65. The Morgan fingerprint density at radius 3 is 2.47 bits per heavy atom. The van der Waals surface area contributed by atoms with Gasteiger partial charge in [-0.1, -0.05) is 31.2 Å². The highest BCUT2D eigenvalue weighted by Crippen LogP contribution is 2.14. The summed E-state index contributed by atoms with van der Waals surface area (Å²) in [7, 11) is 0. The van der Waals surface area contributed by atoms with E-state index in [-0.39, 0.29) is 6.10 Å². The van der Waals surface area contributed by atoms with Gasteiger partial charge in [-0.2, -0.15) is 0 Å². The van der Waals surface area contributed by atoms with E-state index in [1.165, 1.54) is 11.1 Å². The van der Waals surface area contributed by atoms with Crippen LogP contribution in [0.3, 0.4) is 0 Å². The molecule has 0 spiro atoms. The zero-order valence-corrected chi connectivity index (χ0v) is 9.32. The summed E-state index contributed by atoms with van der Waals surface area (Å²) in [5.74, 6) is 0. The number of hydrogen-bond donors (Lipinski definition) is 1. The summed E-state index contributed by atoms with van der Waals surface area (Å²) >= 11 is 0. The Hall–Kier alpha value is -0.860. The maximum Gasteiger partial charge on any atom is 0.0679 e. The molecule has 2 heteroatoms. The smallest absolute Gasteiger partial charge is 0.0679 e. The number of likely N-dealkylation sites (tertiary alicyclic amines) is 1. The van der Waals surface area contributed by atoms with Crippen molar-refractivity contribution in [3.8, 4) is 0 Å². The van der Waals surface area contributed by atoms with Crippen LogP contribution in [0.1, 0.15) is 24.5 Å². The number of aliphatic hydroxyl groups excluding tert-OH is 1. The lowest BCUT2D eigenvalue weighted by molar-refractivity contribution is 0.175. The van der Waals surface area contributed by atoms with Gasteiger partial charge in [0.15, 0.2) is 0 Å². The summed E-state index contributed by atoms with van der Waals surface area (Å²) in [6.07, 6.45) is 1.91. The van der Waals surface area contributed by atoms with Gasteiger partial charge in [0.25, 0.3) is 0 Å². The quantitative estimate of drug-likeness (QED) is 0.813. The third-order valence-electron chi connectivity index (χ3n) is 3.08. The fourth-order valence-corrected chi connectivity index (χ4v) is 2.09.